The summed E-state index contributed by atoms with van der Waals surface area (Å²) in [6.07, 6.45) is -0.761. The molecular formula is C11H14N2O5S. The Morgan fingerprint density at radius 1 is 1.37 bits per heavy atom. The average Bonchev–Trinajstić information content (AvgIpc) is 2.70. The van der Waals surface area contributed by atoms with Crippen LogP contribution in [-0.2, 0) is 14.8 Å². The van der Waals surface area contributed by atoms with Gasteiger partial charge in [-0.2, -0.15) is 0 Å². The highest BCUT2D eigenvalue weighted by Gasteiger charge is 2.37. The molecule has 2 atom stereocenters. The van der Waals surface area contributed by atoms with E-state index in [9.17, 15) is 18.3 Å². The molecule has 7 nitrogen and oxygen atoms in total. The van der Waals surface area contributed by atoms with Gasteiger partial charge in [0.25, 0.3) is 0 Å². The van der Waals surface area contributed by atoms with Crippen LogP contribution < -0.4 is 10.0 Å². The second kappa shape index (κ2) is 4.80. The highest BCUT2D eigenvalue weighted by atomic mass is 32.2. The van der Waals surface area contributed by atoms with Crippen LogP contribution in [0.1, 0.15) is 6.42 Å². The number of para-hydroxylation sites is 1. The largest absolute Gasteiger partial charge is 0.480 e. The molecule has 0 spiro atoms. The van der Waals surface area contributed by atoms with Crippen LogP contribution >= 0.6 is 0 Å². The summed E-state index contributed by atoms with van der Waals surface area (Å²) >= 11 is 0. The van der Waals surface area contributed by atoms with Crippen molar-refractivity contribution >= 4 is 21.7 Å². The first-order valence-corrected chi connectivity index (χ1v) is 7.14. The van der Waals surface area contributed by atoms with Crippen molar-refractivity contribution in [3.8, 4) is 0 Å². The number of aliphatic hydroxyl groups excluding tert-OH is 1. The molecule has 2 unspecified atom stereocenters. The molecule has 1 heterocycles. The van der Waals surface area contributed by atoms with Crippen LogP contribution in [0.5, 0.6) is 0 Å². The summed E-state index contributed by atoms with van der Waals surface area (Å²) < 4.78 is 23.0. The summed E-state index contributed by atoms with van der Waals surface area (Å²) in [4.78, 5) is 12.4. The van der Waals surface area contributed by atoms with Gasteiger partial charge in [-0.15, -0.1) is 0 Å². The van der Waals surface area contributed by atoms with Gasteiger partial charge in [0.15, 0.2) is 0 Å². The molecule has 8 heteroatoms. The fourth-order valence-electron chi connectivity index (χ4n) is 2.25. The van der Waals surface area contributed by atoms with Crippen LogP contribution in [0.4, 0.5) is 5.69 Å². The molecule has 1 aliphatic heterocycles. The molecule has 1 aliphatic rings. The lowest BCUT2D eigenvalue weighted by Crippen LogP contribution is -2.37. The van der Waals surface area contributed by atoms with Crippen molar-refractivity contribution in [2.75, 3.05) is 11.4 Å². The Bertz CT molecular complexity index is 601. The number of nitrogens with zero attached hydrogens (tertiary/aromatic N) is 1. The van der Waals surface area contributed by atoms with Crippen molar-refractivity contribution in [1.29, 1.82) is 0 Å². The Balaban J connectivity index is 2.50. The normalized spacial score (nSPS) is 23.6. The van der Waals surface area contributed by atoms with Gasteiger partial charge in [0.2, 0.25) is 10.0 Å². The summed E-state index contributed by atoms with van der Waals surface area (Å²) in [5.74, 6) is -1.11. The number of nitrogens with two attached hydrogens (primary N) is 1. The molecule has 1 aromatic rings. The average molecular weight is 286 g/mol. The zero-order valence-corrected chi connectivity index (χ0v) is 10.7. The maximum absolute atomic E-state index is 11.5. The van der Waals surface area contributed by atoms with Gasteiger partial charge in [0, 0.05) is 13.0 Å². The maximum atomic E-state index is 11.5. The Morgan fingerprint density at radius 3 is 2.58 bits per heavy atom. The number of primary sulfonamides is 1. The molecule has 4 N–H and O–H groups in total. The molecule has 0 radical (unpaired) electrons. The van der Waals surface area contributed by atoms with Crippen LogP contribution in [0.3, 0.4) is 0 Å². The molecule has 0 amide bonds. The minimum absolute atomic E-state index is 0.0499. The number of hydrogen-bond acceptors (Lipinski definition) is 5. The second-order valence-corrected chi connectivity index (χ2v) is 5.94. The topological polar surface area (TPSA) is 121 Å². The third-order valence-electron chi connectivity index (χ3n) is 3.05. The van der Waals surface area contributed by atoms with Gasteiger partial charge >= 0.3 is 5.97 Å². The van der Waals surface area contributed by atoms with E-state index in [0.29, 0.717) is 0 Å². The van der Waals surface area contributed by atoms with E-state index in [-0.39, 0.29) is 23.5 Å². The van der Waals surface area contributed by atoms with Gasteiger partial charge in [-0.05, 0) is 12.1 Å². The van der Waals surface area contributed by atoms with E-state index in [2.05, 4.69) is 0 Å². The monoisotopic (exact) mass is 286 g/mol. The van der Waals surface area contributed by atoms with Crippen LogP contribution in [0, 0.1) is 0 Å². The summed E-state index contributed by atoms with van der Waals surface area (Å²) in [7, 11) is -3.95. The van der Waals surface area contributed by atoms with Gasteiger partial charge in [-0.1, -0.05) is 12.1 Å². The van der Waals surface area contributed by atoms with Crippen LogP contribution in [0.15, 0.2) is 29.2 Å². The third kappa shape index (κ3) is 2.70. The molecule has 2 rings (SSSR count). The predicted molar refractivity (Wildman–Crippen MR) is 67.2 cm³/mol. The van der Waals surface area contributed by atoms with Crippen molar-refractivity contribution in [3.63, 3.8) is 0 Å². The number of carboxylic acid groups (broad SMARTS) is 1. The number of β-amino-alcohol motifs (C(OH)–C–C–N with tert-alkyl or cyclic N) is 1. The minimum atomic E-state index is -3.95. The van der Waals surface area contributed by atoms with E-state index in [1.165, 1.54) is 23.1 Å². The zero-order chi connectivity index (χ0) is 14.2. The summed E-state index contributed by atoms with van der Waals surface area (Å²) in [6.45, 7) is 0.0590. The summed E-state index contributed by atoms with van der Waals surface area (Å²) in [5, 5.41) is 23.8. The quantitative estimate of drug-likeness (QED) is 0.679. The van der Waals surface area contributed by atoms with E-state index >= 15 is 0 Å². The molecule has 104 valence electrons. The Kier molecular flexibility index (Phi) is 3.48. The molecule has 0 bridgehead atoms. The number of anilines is 1. The molecule has 0 aliphatic carbocycles. The highest BCUT2D eigenvalue weighted by Crippen LogP contribution is 2.31. The number of sulfonamides is 1. The number of carboxylic acids is 1. The van der Waals surface area contributed by atoms with E-state index in [1.54, 1.807) is 6.07 Å². The van der Waals surface area contributed by atoms with Crippen molar-refractivity contribution in [3.05, 3.63) is 24.3 Å². The standard InChI is InChI=1S/C11H14N2O5S/c12-19(17,18)10-4-2-1-3-8(10)13-6-7(14)5-9(13)11(15)16/h1-4,7,9,14H,5-6H2,(H,15,16)(H2,12,17,18). The number of carbonyl (C=O) groups is 1. The van der Waals surface area contributed by atoms with Crippen molar-refractivity contribution in [1.82, 2.24) is 0 Å². The van der Waals surface area contributed by atoms with E-state index < -0.39 is 28.1 Å². The first-order chi connectivity index (χ1) is 8.80. The van der Waals surface area contributed by atoms with Crippen molar-refractivity contribution in [2.24, 2.45) is 5.14 Å². The molecule has 1 aromatic carbocycles. The predicted octanol–water partition coefficient (Wildman–Crippen LogP) is -0.642. The van der Waals surface area contributed by atoms with Gasteiger partial charge in [-0.3, -0.25) is 0 Å². The molecular weight excluding hydrogens is 272 g/mol. The molecule has 1 saturated heterocycles. The van der Waals surface area contributed by atoms with E-state index in [0.717, 1.165) is 0 Å². The summed E-state index contributed by atoms with van der Waals surface area (Å²) in [6, 6.07) is 4.93. The van der Waals surface area contributed by atoms with Gasteiger partial charge < -0.3 is 15.1 Å². The Morgan fingerprint density at radius 2 is 2.00 bits per heavy atom. The van der Waals surface area contributed by atoms with Gasteiger partial charge in [-0.25, -0.2) is 18.4 Å². The first kappa shape index (κ1) is 13.8. The minimum Gasteiger partial charge on any atom is -0.480 e. The first-order valence-electron chi connectivity index (χ1n) is 5.60. The number of hydrogen-bond donors (Lipinski definition) is 3. The SMILES string of the molecule is NS(=O)(=O)c1ccccc1N1CC(O)CC1C(=O)O. The maximum Gasteiger partial charge on any atom is 0.326 e. The fourth-order valence-corrected chi connectivity index (χ4v) is 2.99. The van der Waals surface area contributed by atoms with Crippen LogP contribution in [0.25, 0.3) is 0 Å². The van der Waals surface area contributed by atoms with E-state index in [1.807, 2.05) is 0 Å². The Hall–Kier alpha value is -1.64. The van der Waals surface area contributed by atoms with Crippen molar-refractivity contribution in [2.45, 2.75) is 23.5 Å². The summed E-state index contributed by atoms with van der Waals surface area (Å²) in [5.41, 5.74) is 0.203. The lowest BCUT2D eigenvalue weighted by atomic mass is 10.2. The number of benzene rings is 1. The lowest BCUT2D eigenvalue weighted by Gasteiger charge is -2.25. The lowest BCUT2D eigenvalue weighted by molar-refractivity contribution is -0.138. The van der Waals surface area contributed by atoms with Crippen molar-refractivity contribution < 1.29 is 23.4 Å². The van der Waals surface area contributed by atoms with Gasteiger partial charge in [0.1, 0.15) is 10.9 Å². The second-order valence-electron chi connectivity index (χ2n) is 4.41. The van der Waals surface area contributed by atoms with Gasteiger partial charge in [0.05, 0.1) is 11.8 Å². The smallest absolute Gasteiger partial charge is 0.326 e. The zero-order valence-electron chi connectivity index (χ0n) is 9.93. The third-order valence-corrected chi connectivity index (χ3v) is 4.00. The number of rotatable bonds is 3. The number of aliphatic carboxylic acids is 1. The fraction of sp³-hybridized carbons (Fsp3) is 0.364. The molecule has 0 saturated carbocycles. The van der Waals surface area contributed by atoms with Crippen LogP contribution in [-0.4, -0.2) is 43.3 Å². The highest BCUT2D eigenvalue weighted by molar-refractivity contribution is 7.89. The molecule has 0 aromatic heterocycles. The molecule has 19 heavy (non-hydrogen) atoms. The number of aliphatic hydroxyl groups is 1. The van der Waals surface area contributed by atoms with Crippen LogP contribution in [0.2, 0.25) is 0 Å². The molecule has 1 fully saturated rings. The Labute approximate surface area is 110 Å². The van der Waals surface area contributed by atoms with E-state index in [4.69, 9.17) is 10.2 Å².